The number of hydrogen-bond donors (Lipinski definition) is 1. The van der Waals surface area contributed by atoms with Gasteiger partial charge < -0.3 is 5.73 Å². The number of piperidine rings is 1. The summed E-state index contributed by atoms with van der Waals surface area (Å²) >= 11 is 0. The van der Waals surface area contributed by atoms with Gasteiger partial charge in [-0.15, -0.1) is 0 Å². The fourth-order valence-corrected chi connectivity index (χ4v) is 2.44. The lowest BCUT2D eigenvalue weighted by atomic mass is 9.97. The first-order valence-corrected chi connectivity index (χ1v) is 6.36. The normalized spacial score (nSPS) is 18.5. The SMILES string of the molecule is Cc1cc(CN2CCC(CN)CC2)ccc1F. The zero-order valence-corrected chi connectivity index (χ0v) is 10.5. The Balaban J connectivity index is 1.91. The number of hydrogen-bond acceptors (Lipinski definition) is 2. The van der Waals surface area contributed by atoms with Crippen LogP contribution in [0.15, 0.2) is 18.2 Å². The number of benzene rings is 1. The van der Waals surface area contributed by atoms with Crippen LogP contribution in [0.2, 0.25) is 0 Å². The average Bonchev–Trinajstić information content (AvgIpc) is 2.35. The largest absolute Gasteiger partial charge is 0.330 e. The molecule has 0 aliphatic carbocycles. The van der Waals surface area contributed by atoms with Crippen molar-refractivity contribution in [1.29, 1.82) is 0 Å². The number of aryl methyl sites for hydroxylation is 1. The minimum absolute atomic E-state index is 0.115. The molecular formula is C14H21FN2. The van der Waals surface area contributed by atoms with Crippen LogP contribution in [-0.4, -0.2) is 24.5 Å². The van der Waals surface area contributed by atoms with E-state index in [1.54, 1.807) is 6.07 Å². The van der Waals surface area contributed by atoms with Crippen molar-refractivity contribution in [2.24, 2.45) is 11.7 Å². The predicted octanol–water partition coefficient (Wildman–Crippen LogP) is 2.30. The Hall–Kier alpha value is -0.930. The van der Waals surface area contributed by atoms with Gasteiger partial charge in [-0.05, 0) is 62.5 Å². The molecule has 1 fully saturated rings. The molecule has 0 aromatic heterocycles. The summed E-state index contributed by atoms with van der Waals surface area (Å²) in [6.07, 6.45) is 2.38. The van der Waals surface area contributed by atoms with E-state index >= 15 is 0 Å². The number of nitrogens with two attached hydrogens (primary N) is 1. The molecule has 1 aliphatic rings. The van der Waals surface area contributed by atoms with Crippen molar-refractivity contribution in [1.82, 2.24) is 4.90 Å². The zero-order chi connectivity index (χ0) is 12.3. The van der Waals surface area contributed by atoms with Gasteiger partial charge in [0.25, 0.3) is 0 Å². The van der Waals surface area contributed by atoms with Crippen LogP contribution >= 0.6 is 0 Å². The lowest BCUT2D eigenvalue weighted by molar-refractivity contribution is 0.180. The number of nitrogens with zero attached hydrogens (tertiary/aromatic N) is 1. The zero-order valence-electron chi connectivity index (χ0n) is 10.5. The first kappa shape index (κ1) is 12.5. The quantitative estimate of drug-likeness (QED) is 0.872. The fourth-order valence-electron chi connectivity index (χ4n) is 2.44. The molecule has 2 nitrogen and oxygen atoms in total. The minimum Gasteiger partial charge on any atom is -0.330 e. The summed E-state index contributed by atoms with van der Waals surface area (Å²) in [6.45, 7) is 5.78. The molecule has 0 unspecified atom stereocenters. The van der Waals surface area contributed by atoms with E-state index in [9.17, 15) is 4.39 Å². The molecular weight excluding hydrogens is 215 g/mol. The first-order chi connectivity index (χ1) is 8.19. The predicted molar refractivity (Wildman–Crippen MR) is 68.2 cm³/mol. The van der Waals surface area contributed by atoms with Crippen LogP contribution in [0.3, 0.4) is 0 Å². The maximum Gasteiger partial charge on any atom is 0.126 e. The molecule has 94 valence electrons. The summed E-state index contributed by atoms with van der Waals surface area (Å²) in [5.41, 5.74) is 7.62. The molecule has 0 bridgehead atoms. The molecule has 1 saturated heterocycles. The van der Waals surface area contributed by atoms with Gasteiger partial charge in [0.05, 0.1) is 0 Å². The Bertz CT molecular complexity index is 370. The molecule has 0 atom stereocenters. The highest BCUT2D eigenvalue weighted by Crippen LogP contribution is 2.18. The molecule has 17 heavy (non-hydrogen) atoms. The van der Waals surface area contributed by atoms with Gasteiger partial charge in [-0.1, -0.05) is 12.1 Å². The molecule has 0 radical (unpaired) electrons. The van der Waals surface area contributed by atoms with E-state index < -0.39 is 0 Å². The highest BCUT2D eigenvalue weighted by molar-refractivity contribution is 5.23. The summed E-state index contributed by atoms with van der Waals surface area (Å²) < 4.78 is 13.1. The summed E-state index contributed by atoms with van der Waals surface area (Å²) in [4.78, 5) is 2.43. The maximum absolute atomic E-state index is 13.1. The van der Waals surface area contributed by atoms with Crippen molar-refractivity contribution < 1.29 is 4.39 Å². The van der Waals surface area contributed by atoms with Crippen molar-refractivity contribution >= 4 is 0 Å². The Labute approximate surface area is 103 Å². The van der Waals surface area contributed by atoms with E-state index in [0.29, 0.717) is 5.92 Å². The van der Waals surface area contributed by atoms with E-state index in [1.807, 2.05) is 19.1 Å². The highest BCUT2D eigenvalue weighted by Gasteiger charge is 2.17. The van der Waals surface area contributed by atoms with E-state index in [2.05, 4.69) is 4.90 Å². The molecule has 0 saturated carbocycles. The third kappa shape index (κ3) is 3.27. The van der Waals surface area contributed by atoms with Crippen LogP contribution in [0.1, 0.15) is 24.0 Å². The second kappa shape index (κ2) is 5.61. The van der Waals surface area contributed by atoms with Crippen LogP contribution in [-0.2, 0) is 6.54 Å². The Morgan fingerprint density at radius 2 is 2.06 bits per heavy atom. The van der Waals surface area contributed by atoms with Crippen molar-refractivity contribution in [2.75, 3.05) is 19.6 Å². The number of rotatable bonds is 3. The summed E-state index contributed by atoms with van der Waals surface area (Å²) in [7, 11) is 0. The van der Waals surface area contributed by atoms with Gasteiger partial charge in [0.2, 0.25) is 0 Å². The topological polar surface area (TPSA) is 29.3 Å². The molecule has 3 heteroatoms. The summed E-state index contributed by atoms with van der Waals surface area (Å²) in [6, 6.07) is 5.40. The summed E-state index contributed by atoms with van der Waals surface area (Å²) in [5, 5.41) is 0. The van der Waals surface area contributed by atoms with Gasteiger partial charge in [-0.3, -0.25) is 4.90 Å². The monoisotopic (exact) mass is 236 g/mol. The van der Waals surface area contributed by atoms with Crippen LogP contribution in [0, 0.1) is 18.7 Å². The molecule has 1 aromatic carbocycles. The molecule has 2 N–H and O–H groups in total. The lowest BCUT2D eigenvalue weighted by Crippen LogP contribution is -2.35. The van der Waals surface area contributed by atoms with Crippen molar-refractivity contribution in [3.8, 4) is 0 Å². The Morgan fingerprint density at radius 1 is 1.35 bits per heavy atom. The van der Waals surface area contributed by atoms with Crippen LogP contribution in [0.25, 0.3) is 0 Å². The molecule has 0 spiro atoms. The maximum atomic E-state index is 13.1. The van der Waals surface area contributed by atoms with E-state index in [0.717, 1.165) is 31.7 Å². The first-order valence-electron chi connectivity index (χ1n) is 6.36. The van der Waals surface area contributed by atoms with Gasteiger partial charge in [-0.2, -0.15) is 0 Å². The lowest BCUT2D eigenvalue weighted by Gasteiger charge is -2.31. The second-order valence-electron chi connectivity index (χ2n) is 5.04. The minimum atomic E-state index is -0.115. The molecule has 1 aliphatic heterocycles. The average molecular weight is 236 g/mol. The van der Waals surface area contributed by atoms with Gasteiger partial charge >= 0.3 is 0 Å². The molecule has 1 heterocycles. The van der Waals surface area contributed by atoms with E-state index in [-0.39, 0.29) is 5.82 Å². The van der Waals surface area contributed by atoms with Gasteiger partial charge in [0, 0.05) is 6.54 Å². The molecule has 0 amide bonds. The fraction of sp³-hybridized carbons (Fsp3) is 0.571. The standard InChI is InChI=1S/C14H21FN2/c1-11-8-13(2-3-14(11)15)10-17-6-4-12(9-16)5-7-17/h2-3,8,12H,4-7,9-10,16H2,1H3. The third-order valence-electron chi connectivity index (χ3n) is 3.67. The second-order valence-corrected chi connectivity index (χ2v) is 5.04. The third-order valence-corrected chi connectivity index (χ3v) is 3.67. The van der Waals surface area contributed by atoms with Gasteiger partial charge in [0.1, 0.15) is 5.82 Å². The number of likely N-dealkylation sites (tertiary alicyclic amines) is 1. The van der Waals surface area contributed by atoms with Crippen LogP contribution < -0.4 is 5.73 Å². The Kier molecular flexibility index (Phi) is 4.13. The molecule has 2 rings (SSSR count). The van der Waals surface area contributed by atoms with Crippen molar-refractivity contribution in [3.05, 3.63) is 35.1 Å². The molecule has 1 aromatic rings. The van der Waals surface area contributed by atoms with Crippen molar-refractivity contribution in [3.63, 3.8) is 0 Å². The van der Waals surface area contributed by atoms with E-state index in [4.69, 9.17) is 5.73 Å². The van der Waals surface area contributed by atoms with Gasteiger partial charge in [-0.25, -0.2) is 4.39 Å². The Morgan fingerprint density at radius 3 is 2.65 bits per heavy atom. The van der Waals surface area contributed by atoms with Gasteiger partial charge in [0.15, 0.2) is 0 Å². The highest BCUT2D eigenvalue weighted by atomic mass is 19.1. The van der Waals surface area contributed by atoms with Crippen molar-refractivity contribution in [2.45, 2.75) is 26.3 Å². The smallest absolute Gasteiger partial charge is 0.126 e. The number of halogens is 1. The van der Waals surface area contributed by atoms with Crippen LogP contribution in [0.5, 0.6) is 0 Å². The van der Waals surface area contributed by atoms with E-state index in [1.165, 1.54) is 18.4 Å². The van der Waals surface area contributed by atoms with Crippen LogP contribution in [0.4, 0.5) is 4.39 Å². The summed E-state index contributed by atoms with van der Waals surface area (Å²) in [5.74, 6) is 0.580.